The minimum atomic E-state index is -0.120. The van der Waals surface area contributed by atoms with Crippen LogP contribution in [0.25, 0.3) is 0 Å². The molecule has 1 aromatic carbocycles. The minimum absolute atomic E-state index is 0.120. The number of rotatable bonds is 8. The summed E-state index contributed by atoms with van der Waals surface area (Å²) in [6.07, 6.45) is 3.24. The molecule has 1 N–H and O–H groups in total. The zero-order valence-corrected chi connectivity index (χ0v) is 12.8. The molecule has 1 heterocycles. The van der Waals surface area contributed by atoms with Crippen molar-refractivity contribution in [2.75, 3.05) is 13.1 Å². The van der Waals surface area contributed by atoms with Gasteiger partial charge in [0.05, 0.1) is 6.26 Å². The summed E-state index contributed by atoms with van der Waals surface area (Å²) < 4.78 is 19.3. The number of furan rings is 1. The Morgan fingerprint density at radius 1 is 1.05 bits per heavy atom. The van der Waals surface area contributed by atoms with Gasteiger partial charge in [-0.25, -0.2) is 4.39 Å². The van der Waals surface area contributed by atoms with Crippen molar-refractivity contribution in [1.29, 1.82) is 0 Å². The summed E-state index contributed by atoms with van der Waals surface area (Å²) in [6, 6.07) is 10.9. The monoisotopic (exact) mass is 289 g/mol. The molecule has 114 valence electrons. The van der Waals surface area contributed by atoms with Gasteiger partial charge >= 0.3 is 0 Å². The van der Waals surface area contributed by atoms with Crippen molar-refractivity contribution < 1.29 is 8.81 Å². The van der Waals surface area contributed by atoms with E-state index in [4.69, 9.17) is 4.42 Å². The lowest BCUT2D eigenvalue weighted by molar-refractivity contribution is 0.400. The molecule has 3 heteroatoms. The fourth-order valence-corrected chi connectivity index (χ4v) is 2.48. The molecule has 0 aliphatic heterocycles. The normalized spacial score (nSPS) is 12.8. The summed E-state index contributed by atoms with van der Waals surface area (Å²) in [5.74, 6) is 1.78. The van der Waals surface area contributed by atoms with Gasteiger partial charge in [0.1, 0.15) is 11.6 Å². The second-order valence-electron chi connectivity index (χ2n) is 6.00. The average Bonchev–Trinajstić information content (AvgIpc) is 2.93. The first-order valence-electron chi connectivity index (χ1n) is 7.61. The Labute approximate surface area is 126 Å². The fourth-order valence-electron chi connectivity index (χ4n) is 2.48. The molecular weight excluding hydrogens is 265 g/mol. The van der Waals surface area contributed by atoms with E-state index in [1.807, 2.05) is 24.3 Å². The molecule has 0 saturated heterocycles. The summed E-state index contributed by atoms with van der Waals surface area (Å²) >= 11 is 0. The third-order valence-electron chi connectivity index (χ3n) is 3.52. The molecular formula is C18H24FNO. The van der Waals surface area contributed by atoms with E-state index in [2.05, 4.69) is 19.2 Å². The van der Waals surface area contributed by atoms with Crippen molar-refractivity contribution in [1.82, 2.24) is 5.32 Å². The van der Waals surface area contributed by atoms with Crippen LogP contribution in [-0.2, 0) is 12.8 Å². The van der Waals surface area contributed by atoms with Gasteiger partial charge in [-0.15, -0.1) is 0 Å². The molecule has 0 saturated carbocycles. The van der Waals surface area contributed by atoms with Crippen LogP contribution in [0.2, 0.25) is 0 Å². The topological polar surface area (TPSA) is 25.2 Å². The molecule has 0 radical (unpaired) electrons. The van der Waals surface area contributed by atoms with Crippen molar-refractivity contribution in [2.45, 2.75) is 26.7 Å². The van der Waals surface area contributed by atoms with Gasteiger partial charge in [-0.3, -0.25) is 0 Å². The van der Waals surface area contributed by atoms with Crippen molar-refractivity contribution in [3.63, 3.8) is 0 Å². The molecule has 0 spiro atoms. The second kappa shape index (κ2) is 7.99. The van der Waals surface area contributed by atoms with E-state index in [1.165, 1.54) is 6.07 Å². The summed E-state index contributed by atoms with van der Waals surface area (Å²) in [5.41, 5.74) is 0.778. The second-order valence-corrected chi connectivity index (χ2v) is 6.00. The first kappa shape index (κ1) is 15.8. The maximum absolute atomic E-state index is 13.8. The third-order valence-corrected chi connectivity index (χ3v) is 3.52. The molecule has 0 fully saturated rings. The predicted octanol–water partition coefficient (Wildman–Crippen LogP) is 4.07. The highest BCUT2D eigenvalue weighted by molar-refractivity contribution is 5.18. The van der Waals surface area contributed by atoms with Gasteiger partial charge < -0.3 is 9.73 Å². The molecule has 0 aliphatic carbocycles. The lowest BCUT2D eigenvalue weighted by Crippen LogP contribution is -2.29. The van der Waals surface area contributed by atoms with Gasteiger partial charge in [0, 0.05) is 6.42 Å². The van der Waals surface area contributed by atoms with Crippen LogP contribution in [0.15, 0.2) is 47.1 Å². The standard InChI is InChI=1S/C18H24FNO/c1-14(2)12-20-13-15(11-17-7-5-9-21-17)10-16-6-3-4-8-18(16)19/h3-9,14-15,20H,10-13H2,1-2H3. The molecule has 0 aliphatic rings. The molecule has 0 bridgehead atoms. The first-order chi connectivity index (χ1) is 10.1. The van der Waals surface area contributed by atoms with Crippen LogP contribution >= 0.6 is 0 Å². The highest BCUT2D eigenvalue weighted by Crippen LogP contribution is 2.17. The predicted molar refractivity (Wildman–Crippen MR) is 83.7 cm³/mol. The van der Waals surface area contributed by atoms with Gasteiger partial charge in [0.15, 0.2) is 0 Å². The van der Waals surface area contributed by atoms with Gasteiger partial charge in [-0.05, 0) is 55.1 Å². The fraction of sp³-hybridized carbons (Fsp3) is 0.444. The molecule has 1 aromatic heterocycles. The Morgan fingerprint density at radius 3 is 2.52 bits per heavy atom. The summed E-state index contributed by atoms with van der Waals surface area (Å²) in [4.78, 5) is 0. The van der Waals surface area contributed by atoms with Crippen LogP contribution in [-0.4, -0.2) is 13.1 Å². The van der Waals surface area contributed by atoms with Gasteiger partial charge in [-0.1, -0.05) is 32.0 Å². The largest absolute Gasteiger partial charge is 0.469 e. The SMILES string of the molecule is CC(C)CNCC(Cc1ccco1)Cc1ccccc1F. The Bertz CT molecular complexity index is 522. The zero-order chi connectivity index (χ0) is 15.1. The molecule has 1 atom stereocenters. The van der Waals surface area contributed by atoms with E-state index in [0.717, 1.165) is 37.3 Å². The lowest BCUT2D eigenvalue weighted by atomic mass is 9.94. The molecule has 2 rings (SSSR count). The highest BCUT2D eigenvalue weighted by atomic mass is 19.1. The van der Waals surface area contributed by atoms with E-state index in [1.54, 1.807) is 12.3 Å². The summed E-state index contributed by atoms with van der Waals surface area (Å²) in [6.45, 7) is 6.22. The summed E-state index contributed by atoms with van der Waals surface area (Å²) in [5, 5.41) is 3.47. The van der Waals surface area contributed by atoms with Gasteiger partial charge in [0.25, 0.3) is 0 Å². The van der Waals surface area contributed by atoms with Crippen molar-refractivity contribution >= 4 is 0 Å². The molecule has 2 nitrogen and oxygen atoms in total. The highest BCUT2D eigenvalue weighted by Gasteiger charge is 2.14. The number of nitrogens with one attached hydrogen (secondary N) is 1. The molecule has 2 aromatic rings. The van der Waals surface area contributed by atoms with E-state index < -0.39 is 0 Å². The Hall–Kier alpha value is -1.61. The van der Waals surface area contributed by atoms with E-state index in [0.29, 0.717) is 11.8 Å². The Balaban J connectivity index is 1.98. The zero-order valence-electron chi connectivity index (χ0n) is 12.8. The van der Waals surface area contributed by atoms with Crippen LogP contribution in [0, 0.1) is 17.7 Å². The summed E-state index contributed by atoms with van der Waals surface area (Å²) in [7, 11) is 0. The number of hydrogen-bond acceptors (Lipinski definition) is 2. The van der Waals surface area contributed by atoms with Crippen molar-refractivity contribution in [2.24, 2.45) is 11.8 Å². The Morgan fingerprint density at radius 2 is 1.86 bits per heavy atom. The van der Waals surface area contributed by atoms with Crippen LogP contribution in [0.4, 0.5) is 4.39 Å². The smallest absolute Gasteiger partial charge is 0.126 e. The number of hydrogen-bond donors (Lipinski definition) is 1. The van der Waals surface area contributed by atoms with Crippen LogP contribution in [0.3, 0.4) is 0 Å². The maximum atomic E-state index is 13.8. The van der Waals surface area contributed by atoms with Crippen molar-refractivity contribution in [3.05, 3.63) is 59.8 Å². The van der Waals surface area contributed by atoms with Gasteiger partial charge in [-0.2, -0.15) is 0 Å². The van der Waals surface area contributed by atoms with Crippen LogP contribution in [0.5, 0.6) is 0 Å². The quantitative estimate of drug-likeness (QED) is 0.792. The molecule has 21 heavy (non-hydrogen) atoms. The molecule has 0 amide bonds. The van der Waals surface area contributed by atoms with E-state index in [-0.39, 0.29) is 5.82 Å². The third kappa shape index (κ3) is 5.35. The lowest BCUT2D eigenvalue weighted by Gasteiger charge is -2.18. The molecule has 1 unspecified atom stereocenters. The number of benzene rings is 1. The van der Waals surface area contributed by atoms with E-state index >= 15 is 0 Å². The number of halogens is 1. The maximum Gasteiger partial charge on any atom is 0.126 e. The van der Waals surface area contributed by atoms with Crippen LogP contribution < -0.4 is 5.32 Å². The Kier molecular flexibility index (Phi) is 6.00. The average molecular weight is 289 g/mol. The minimum Gasteiger partial charge on any atom is -0.469 e. The van der Waals surface area contributed by atoms with E-state index in [9.17, 15) is 4.39 Å². The van der Waals surface area contributed by atoms with Crippen LogP contribution in [0.1, 0.15) is 25.2 Å². The first-order valence-corrected chi connectivity index (χ1v) is 7.61. The van der Waals surface area contributed by atoms with Gasteiger partial charge in [0.2, 0.25) is 0 Å². The van der Waals surface area contributed by atoms with Crippen molar-refractivity contribution in [3.8, 4) is 0 Å².